The number of para-hydroxylation sites is 1. The Bertz CT molecular complexity index is 2410. The molecule has 0 radical (unpaired) electrons. The van der Waals surface area contributed by atoms with Crippen molar-refractivity contribution >= 4 is 40.6 Å². The first kappa shape index (κ1) is 36.9. The molecule has 0 aliphatic heterocycles. The monoisotopic (exact) mass is 763 g/mol. The molecule has 5 aromatic carbocycles. The molecule has 1 heterocycles. The molecule has 0 spiro atoms. The second-order valence-electron chi connectivity index (χ2n) is 11.2. The fourth-order valence-electron chi connectivity index (χ4n) is 4.89. The van der Waals surface area contributed by atoms with Crippen LogP contribution in [0.2, 0.25) is 0 Å². The Morgan fingerprint density at radius 2 is 1.48 bits per heavy atom. The molecular weight excluding hydrogens is 741 g/mol. The minimum absolute atomic E-state index is 0.145. The van der Waals surface area contributed by atoms with Crippen molar-refractivity contribution in [2.45, 2.75) is 17.8 Å². The van der Waals surface area contributed by atoms with Gasteiger partial charge in [0, 0.05) is 29.5 Å². The summed E-state index contributed by atoms with van der Waals surface area (Å²) >= 11 is 1.16. The molecule has 2 amide bonds. The highest BCUT2D eigenvalue weighted by Crippen LogP contribution is 2.42. The van der Waals surface area contributed by atoms with Gasteiger partial charge in [-0.05, 0) is 53.2 Å². The molecule has 0 bridgehead atoms. The fourth-order valence-corrected chi connectivity index (χ4v) is 5.72. The normalized spacial score (nSPS) is 10.9. The number of thioether (sulfide) groups is 1. The molecule has 6 aromatic rings. The number of amides is 2. The highest BCUT2D eigenvalue weighted by Gasteiger charge is 2.31. The van der Waals surface area contributed by atoms with Crippen LogP contribution in [0.3, 0.4) is 0 Å². The number of aromatic nitrogens is 4. The van der Waals surface area contributed by atoms with Crippen LogP contribution in [0.4, 0.5) is 39.0 Å². The van der Waals surface area contributed by atoms with Crippen molar-refractivity contribution < 1.29 is 46.3 Å². The number of nitrogens with zero attached hydrogens (tertiary/aromatic N) is 5. The van der Waals surface area contributed by atoms with Gasteiger partial charge in [0.1, 0.15) is 11.3 Å². The second kappa shape index (κ2) is 15.4. The van der Waals surface area contributed by atoms with E-state index in [1.54, 1.807) is 43.3 Å². The van der Waals surface area contributed by atoms with Crippen LogP contribution in [0.15, 0.2) is 90.1 Å². The number of aromatic hydroxyl groups is 1. The van der Waals surface area contributed by atoms with Crippen molar-refractivity contribution in [1.82, 2.24) is 20.2 Å². The lowest BCUT2D eigenvalue weighted by atomic mass is 10.1. The number of nitro benzene ring substituents is 1. The number of phenolic OH excluding ortho intramolecular Hbond substituents is 1. The molecule has 0 aliphatic carbocycles. The van der Waals surface area contributed by atoms with Gasteiger partial charge in [0.2, 0.25) is 16.7 Å². The van der Waals surface area contributed by atoms with Crippen molar-refractivity contribution in [3.05, 3.63) is 146 Å². The van der Waals surface area contributed by atoms with E-state index in [0.717, 1.165) is 29.5 Å². The SMILES string of the molecule is Cc1ccc(C(=O)Nc2cc(Oc3ccc(CSc4nnnn4-c4ccccc4)cc3[N+](=O)[O-])c(NC(=O)c3c(F)c(F)c(F)c(F)c3F)cc2O)cc1. The first-order chi connectivity index (χ1) is 25.8. The third-order valence-electron chi connectivity index (χ3n) is 7.59. The van der Waals surface area contributed by atoms with Gasteiger partial charge in [-0.2, -0.15) is 4.68 Å². The van der Waals surface area contributed by atoms with Gasteiger partial charge >= 0.3 is 5.69 Å². The maximum Gasteiger partial charge on any atom is 0.311 e. The number of rotatable bonds is 11. The number of carbonyl (C=O) groups excluding carboxylic acids is 2. The Labute approximate surface area is 304 Å². The molecule has 13 nitrogen and oxygen atoms in total. The maximum atomic E-state index is 14.5. The lowest BCUT2D eigenvalue weighted by molar-refractivity contribution is -0.385. The summed E-state index contributed by atoms with van der Waals surface area (Å²) in [5.74, 6) is -16.4. The van der Waals surface area contributed by atoms with Gasteiger partial charge in [-0.25, -0.2) is 22.0 Å². The summed E-state index contributed by atoms with van der Waals surface area (Å²) in [5, 5.41) is 39.4. The summed E-state index contributed by atoms with van der Waals surface area (Å²) in [7, 11) is 0. The van der Waals surface area contributed by atoms with Crippen LogP contribution in [-0.2, 0) is 5.75 Å². The third-order valence-corrected chi connectivity index (χ3v) is 8.58. The number of anilines is 2. The second-order valence-corrected chi connectivity index (χ2v) is 12.2. The summed E-state index contributed by atoms with van der Waals surface area (Å²) < 4.78 is 77.8. The molecule has 6 rings (SSSR count). The van der Waals surface area contributed by atoms with Crippen molar-refractivity contribution in [1.29, 1.82) is 0 Å². The number of ether oxygens (including phenoxy) is 1. The van der Waals surface area contributed by atoms with Gasteiger partial charge in [-0.1, -0.05) is 53.7 Å². The lowest BCUT2D eigenvalue weighted by Crippen LogP contribution is -2.20. The number of carbonyl (C=O) groups is 2. The van der Waals surface area contributed by atoms with Crippen LogP contribution in [0.5, 0.6) is 17.2 Å². The minimum atomic E-state index is -2.50. The summed E-state index contributed by atoms with van der Waals surface area (Å²) in [5.41, 5.74) is -1.37. The van der Waals surface area contributed by atoms with Gasteiger partial charge < -0.3 is 20.5 Å². The van der Waals surface area contributed by atoms with Gasteiger partial charge in [-0.15, -0.1) is 5.10 Å². The number of benzene rings is 5. The summed E-state index contributed by atoms with van der Waals surface area (Å²) in [6, 6.07) is 20.7. The molecule has 0 atom stereocenters. The van der Waals surface area contributed by atoms with Gasteiger partial charge in [0.15, 0.2) is 29.0 Å². The molecule has 274 valence electrons. The fraction of sp³-hybridized carbons (Fsp3) is 0.0571. The largest absolute Gasteiger partial charge is 0.506 e. The summed E-state index contributed by atoms with van der Waals surface area (Å²) in [6.07, 6.45) is 0. The van der Waals surface area contributed by atoms with E-state index in [-0.39, 0.29) is 17.0 Å². The van der Waals surface area contributed by atoms with Crippen LogP contribution in [0.25, 0.3) is 5.69 Å². The highest BCUT2D eigenvalue weighted by atomic mass is 32.2. The number of nitro groups is 1. The molecule has 0 aliphatic rings. The first-order valence-corrected chi connectivity index (χ1v) is 16.3. The standard InChI is InChI=1S/C35H22F5N7O6S/c1-17-7-10-19(11-8-17)33(49)41-21-15-26(22(14-24(21)48)42-34(50)27-28(36)30(38)32(40)31(39)29(27)37)53-25-12-9-18(13-23(25)47(51)52)16-54-35-43-44-45-46(35)20-5-3-2-4-6-20/h2-15,48H,16H2,1H3,(H,41,49)(H,42,50). The summed E-state index contributed by atoms with van der Waals surface area (Å²) in [4.78, 5) is 37.4. The Hall–Kier alpha value is -6.89. The van der Waals surface area contributed by atoms with E-state index in [1.165, 1.54) is 35.0 Å². The summed E-state index contributed by atoms with van der Waals surface area (Å²) in [6.45, 7) is 1.79. The Morgan fingerprint density at radius 3 is 2.15 bits per heavy atom. The molecule has 54 heavy (non-hydrogen) atoms. The molecule has 0 fully saturated rings. The molecule has 0 unspecified atom stereocenters. The van der Waals surface area contributed by atoms with E-state index in [1.807, 2.05) is 11.4 Å². The van der Waals surface area contributed by atoms with Crippen molar-refractivity contribution in [3.8, 4) is 22.9 Å². The molecule has 19 heteroatoms. The van der Waals surface area contributed by atoms with Crippen molar-refractivity contribution in [2.24, 2.45) is 0 Å². The van der Waals surface area contributed by atoms with E-state index < -0.39 is 80.0 Å². The van der Waals surface area contributed by atoms with Crippen LogP contribution in [0, 0.1) is 46.1 Å². The van der Waals surface area contributed by atoms with Crippen LogP contribution in [-0.4, -0.2) is 42.1 Å². The first-order valence-electron chi connectivity index (χ1n) is 15.3. The molecule has 0 saturated carbocycles. The Balaban J connectivity index is 1.34. The Kier molecular flexibility index (Phi) is 10.5. The van der Waals surface area contributed by atoms with Gasteiger partial charge in [0.05, 0.1) is 22.0 Å². The smallest absolute Gasteiger partial charge is 0.311 e. The highest BCUT2D eigenvalue weighted by molar-refractivity contribution is 7.98. The van der Waals surface area contributed by atoms with Crippen molar-refractivity contribution in [2.75, 3.05) is 10.6 Å². The molecule has 3 N–H and O–H groups in total. The average Bonchev–Trinajstić information content (AvgIpc) is 3.64. The average molecular weight is 764 g/mol. The number of tetrazole rings is 1. The predicted molar refractivity (Wildman–Crippen MR) is 183 cm³/mol. The number of halogens is 5. The number of hydrogen-bond acceptors (Lipinski definition) is 10. The lowest BCUT2D eigenvalue weighted by Gasteiger charge is -2.17. The number of hydrogen-bond donors (Lipinski definition) is 3. The predicted octanol–water partition coefficient (Wildman–Crippen LogP) is 7.87. The van der Waals surface area contributed by atoms with Crippen LogP contribution >= 0.6 is 11.8 Å². The van der Waals surface area contributed by atoms with Gasteiger partial charge in [0.25, 0.3) is 11.8 Å². The van der Waals surface area contributed by atoms with E-state index in [4.69, 9.17) is 4.74 Å². The van der Waals surface area contributed by atoms with Crippen molar-refractivity contribution in [3.63, 3.8) is 0 Å². The quantitative estimate of drug-likeness (QED) is 0.0224. The van der Waals surface area contributed by atoms with E-state index in [0.29, 0.717) is 16.4 Å². The minimum Gasteiger partial charge on any atom is -0.506 e. The number of aryl methyl sites for hydroxylation is 1. The Morgan fingerprint density at radius 1 is 0.833 bits per heavy atom. The zero-order valence-corrected chi connectivity index (χ0v) is 28.1. The zero-order valence-electron chi connectivity index (χ0n) is 27.3. The van der Waals surface area contributed by atoms with E-state index in [2.05, 4.69) is 20.8 Å². The van der Waals surface area contributed by atoms with E-state index in [9.17, 15) is 46.8 Å². The van der Waals surface area contributed by atoms with E-state index >= 15 is 0 Å². The molecule has 0 saturated heterocycles. The third kappa shape index (κ3) is 7.65. The molecule has 1 aromatic heterocycles. The maximum absolute atomic E-state index is 14.5. The number of phenols is 1. The molecular formula is C35H22F5N7O6S. The van der Waals surface area contributed by atoms with Gasteiger partial charge in [-0.3, -0.25) is 19.7 Å². The van der Waals surface area contributed by atoms with Crippen LogP contribution < -0.4 is 15.4 Å². The zero-order chi connectivity index (χ0) is 38.7. The number of nitrogens with one attached hydrogen (secondary N) is 2. The topological polar surface area (TPSA) is 174 Å². The van der Waals surface area contributed by atoms with Crippen LogP contribution in [0.1, 0.15) is 31.8 Å².